The van der Waals surface area contributed by atoms with Gasteiger partial charge in [0.05, 0.1) is 5.39 Å². The molecule has 29 heavy (non-hydrogen) atoms. The van der Waals surface area contributed by atoms with E-state index in [-0.39, 0.29) is 11.3 Å². The number of fused-ring (bicyclic) bond motifs is 2. The molecule has 1 aliphatic heterocycles. The molecule has 7 heteroatoms. The first kappa shape index (κ1) is 19.0. The number of rotatable bonds is 5. The molecule has 7 nitrogen and oxygen atoms in total. The van der Waals surface area contributed by atoms with Crippen molar-refractivity contribution in [3.05, 3.63) is 58.3 Å². The third-order valence-electron chi connectivity index (χ3n) is 4.77. The van der Waals surface area contributed by atoms with Gasteiger partial charge in [0, 0.05) is 24.2 Å². The molecule has 1 aliphatic rings. The molecule has 0 radical (unpaired) electrons. The Morgan fingerprint density at radius 2 is 1.86 bits per heavy atom. The molecule has 1 atom stereocenters. The van der Waals surface area contributed by atoms with Gasteiger partial charge in [-0.3, -0.25) is 9.59 Å². The Morgan fingerprint density at radius 1 is 1.10 bits per heavy atom. The number of likely N-dealkylation sites (N-methyl/N-ethyl adjacent to an activating group) is 1. The van der Waals surface area contributed by atoms with Crippen LogP contribution in [0.3, 0.4) is 0 Å². The molecule has 0 aliphatic carbocycles. The third kappa shape index (κ3) is 3.69. The lowest BCUT2D eigenvalue weighted by molar-refractivity contribution is -0.136. The van der Waals surface area contributed by atoms with Crippen molar-refractivity contribution in [2.45, 2.75) is 13.2 Å². The van der Waals surface area contributed by atoms with Crippen LogP contribution < -0.4 is 20.2 Å². The van der Waals surface area contributed by atoms with E-state index >= 15 is 0 Å². The van der Waals surface area contributed by atoms with Crippen LogP contribution in [0.4, 0.5) is 0 Å². The summed E-state index contributed by atoms with van der Waals surface area (Å²) in [6, 6.07) is 12.4. The average Bonchev–Trinajstić information content (AvgIpc) is 3.14. The summed E-state index contributed by atoms with van der Waals surface area (Å²) in [6.45, 7) is 2.95. The fourth-order valence-electron chi connectivity index (χ4n) is 3.20. The first-order chi connectivity index (χ1) is 13.9. The Balaban J connectivity index is 1.59. The second-order valence-electron chi connectivity index (χ2n) is 7.20. The predicted molar refractivity (Wildman–Crippen MR) is 109 cm³/mol. The van der Waals surface area contributed by atoms with Crippen LogP contribution in [0.2, 0.25) is 0 Å². The lowest BCUT2D eigenvalue weighted by Crippen LogP contribution is -2.42. The highest BCUT2D eigenvalue weighted by molar-refractivity contribution is 5.82. The van der Waals surface area contributed by atoms with Gasteiger partial charge in [-0.15, -0.1) is 0 Å². The maximum absolute atomic E-state index is 12.7. The summed E-state index contributed by atoms with van der Waals surface area (Å²) in [4.78, 5) is 26.9. The largest absolute Gasteiger partial charge is 0.456 e. The van der Waals surface area contributed by atoms with Crippen molar-refractivity contribution in [3.8, 4) is 22.8 Å². The van der Waals surface area contributed by atoms with E-state index in [1.807, 2.05) is 31.1 Å². The topological polar surface area (TPSA) is 81.0 Å². The number of ether oxygens (including phenoxy) is 2. The molecule has 1 N–H and O–H groups in total. The molecule has 1 unspecified atom stereocenters. The number of carbonyl (C=O) groups excluding carboxylic acids is 1. The van der Waals surface area contributed by atoms with Crippen LogP contribution in [0.5, 0.6) is 11.5 Å². The van der Waals surface area contributed by atoms with E-state index < -0.39 is 6.29 Å². The third-order valence-corrected chi connectivity index (χ3v) is 4.77. The molecule has 4 rings (SSSR count). The molecule has 0 bridgehead atoms. The molecule has 0 fully saturated rings. The molecule has 150 valence electrons. The zero-order valence-electron chi connectivity index (χ0n) is 16.5. The van der Waals surface area contributed by atoms with Gasteiger partial charge in [0.1, 0.15) is 11.3 Å². The number of carbonyl (C=O) groups is 1. The summed E-state index contributed by atoms with van der Waals surface area (Å²) in [7, 11) is 3.86. The highest BCUT2D eigenvalue weighted by atomic mass is 16.7. The predicted octanol–water partition coefficient (Wildman–Crippen LogP) is 2.54. The first-order valence-electron chi connectivity index (χ1n) is 9.36. The van der Waals surface area contributed by atoms with E-state index in [0.717, 1.165) is 6.54 Å². The van der Waals surface area contributed by atoms with Crippen LogP contribution in [0.25, 0.3) is 22.3 Å². The molecular formula is C22H22N2O5. The molecular weight excluding hydrogens is 372 g/mol. The van der Waals surface area contributed by atoms with E-state index in [2.05, 4.69) is 5.32 Å². The lowest BCUT2D eigenvalue weighted by Gasteiger charge is -2.13. The summed E-state index contributed by atoms with van der Waals surface area (Å²) in [5.74, 6) is 1.05. The highest BCUT2D eigenvalue weighted by Crippen LogP contribution is 2.39. The molecule has 1 aromatic heterocycles. The van der Waals surface area contributed by atoms with Crippen LogP contribution in [0.15, 0.2) is 51.7 Å². The fourth-order valence-corrected chi connectivity index (χ4v) is 3.20. The zero-order chi connectivity index (χ0) is 20.5. The Bertz CT molecular complexity index is 1140. The van der Waals surface area contributed by atoms with Crippen molar-refractivity contribution >= 4 is 16.9 Å². The Morgan fingerprint density at radius 3 is 2.66 bits per heavy atom. The summed E-state index contributed by atoms with van der Waals surface area (Å²) >= 11 is 0. The minimum atomic E-state index is -1.04. The Hall–Kier alpha value is -3.32. The first-order valence-corrected chi connectivity index (χ1v) is 9.36. The summed E-state index contributed by atoms with van der Waals surface area (Å²) in [5.41, 5.74) is 1.65. The second kappa shape index (κ2) is 7.60. The maximum Gasteiger partial charge on any atom is 0.321 e. The van der Waals surface area contributed by atoms with Crippen molar-refractivity contribution in [3.63, 3.8) is 0 Å². The summed E-state index contributed by atoms with van der Waals surface area (Å²) in [6.07, 6.45) is -1.04. The van der Waals surface area contributed by atoms with Gasteiger partial charge in [-0.25, -0.2) is 0 Å². The van der Waals surface area contributed by atoms with Crippen molar-refractivity contribution in [1.82, 2.24) is 10.2 Å². The van der Waals surface area contributed by atoms with Gasteiger partial charge in [0.2, 0.25) is 0 Å². The molecule has 0 saturated carbocycles. The van der Waals surface area contributed by atoms with Crippen LogP contribution in [0.1, 0.15) is 5.56 Å². The summed E-state index contributed by atoms with van der Waals surface area (Å²) < 4.78 is 17.3. The Labute approximate surface area is 167 Å². The van der Waals surface area contributed by atoms with Crippen molar-refractivity contribution in [2.24, 2.45) is 0 Å². The number of hydrogen-bond donors (Lipinski definition) is 1. The van der Waals surface area contributed by atoms with Crippen LogP contribution in [-0.4, -0.2) is 44.3 Å². The zero-order valence-corrected chi connectivity index (χ0v) is 16.5. The van der Waals surface area contributed by atoms with Crippen molar-refractivity contribution in [1.29, 1.82) is 0 Å². The van der Waals surface area contributed by atoms with Gasteiger partial charge in [-0.1, -0.05) is 12.1 Å². The van der Waals surface area contributed by atoms with Crippen LogP contribution in [0, 0.1) is 6.92 Å². The SMILES string of the molecule is Cc1c(-c2ccc3c(c2)OC(C(=O)NCCN(C)C)O3)oc2ccccc2c1=O. The minimum absolute atomic E-state index is 0.0716. The van der Waals surface area contributed by atoms with Gasteiger partial charge in [-0.05, 0) is 51.4 Å². The molecule has 0 spiro atoms. The Kier molecular flexibility index (Phi) is 4.98. The number of nitrogens with zero attached hydrogens (tertiary/aromatic N) is 1. The minimum Gasteiger partial charge on any atom is -0.456 e. The van der Waals surface area contributed by atoms with Crippen molar-refractivity contribution < 1.29 is 18.7 Å². The lowest BCUT2D eigenvalue weighted by atomic mass is 10.1. The van der Waals surface area contributed by atoms with Crippen LogP contribution >= 0.6 is 0 Å². The van der Waals surface area contributed by atoms with E-state index in [4.69, 9.17) is 13.9 Å². The van der Waals surface area contributed by atoms with Crippen molar-refractivity contribution in [2.75, 3.05) is 27.2 Å². The number of benzene rings is 2. The van der Waals surface area contributed by atoms with E-state index in [0.29, 0.717) is 45.9 Å². The van der Waals surface area contributed by atoms with E-state index in [1.54, 1.807) is 37.3 Å². The number of amides is 1. The number of para-hydroxylation sites is 1. The number of nitrogens with one attached hydrogen (secondary N) is 1. The monoisotopic (exact) mass is 394 g/mol. The van der Waals surface area contributed by atoms with Gasteiger partial charge in [-0.2, -0.15) is 0 Å². The standard InChI is InChI=1S/C22H22N2O5/c1-13-19(25)15-6-4-5-7-16(15)27-20(13)14-8-9-17-18(12-14)29-22(28-17)21(26)23-10-11-24(2)3/h4-9,12,22H,10-11H2,1-3H3,(H,23,26). The van der Waals surface area contributed by atoms with Gasteiger partial charge in [0.15, 0.2) is 16.9 Å². The average molecular weight is 394 g/mol. The van der Waals surface area contributed by atoms with E-state index in [9.17, 15) is 9.59 Å². The summed E-state index contributed by atoms with van der Waals surface area (Å²) in [5, 5.41) is 3.33. The molecule has 2 heterocycles. The smallest absolute Gasteiger partial charge is 0.321 e. The van der Waals surface area contributed by atoms with Crippen LogP contribution in [-0.2, 0) is 4.79 Å². The quantitative estimate of drug-likeness (QED) is 0.716. The van der Waals surface area contributed by atoms with Gasteiger partial charge in [0.25, 0.3) is 0 Å². The fraction of sp³-hybridized carbons (Fsp3) is 0.273. The molecule has 3 aromatic rings. The number of hydrogen-bond acceptors (Lipinski definition) is 6. The normalized spacial score (nSPS) is 15.1. The van der Waals surface area contributed by atoms with Gasteiger partial charge >= 0.3 is 12.2 Å². The highest BCUT2D eigenvalue weighted by Gasteiger charge is 2.31. The molecule has 0 saturated heterocycles. The second-order valence-corrected chi connectivity index (χ2v) is 7.20. The van der Waals surface area contributed by atoms with E-state index in [1.165, 1.54) is 0 Å². The molecule has 1 amide bonds. The maximum atomic E-state index is 12.7. The molecule has 2 aromatic carbocycles. The van der Waals surface area contributed by atoms with Gasteiger partial charge < -0.3 is 24.1 Å².